The number of rotatable bonds is 3. The van der Waals surface area contributed by atoms with Crippen molar-refractivity contribution in [3.8, 4) is 11.8 Å². The predicted molar refractivity (Wildman–Crippen MR) is 67.5 cm³/mol. The Morgan fingerprint density at radius 1 is 1.28 bits per heavy atom. The minimum atomic E-state index is -0.0105. The quantitative estimate of drug-likeness (QED) is 0.821. The monoisotopic (exact) mass is 240 g/mol. The summed E-state index contributed by atoms with van der Waals surface area (Å²) in [6.45, 7) is 0.627. The molecule has 0 amide bonds. The first-order valence-electron chi connectivity index (χ1n) is 5.46. The Balaban J connectivity index is 2.27. The van der Waals surface area contributed by atoms with Crippen LogP contribution in [0.2, 0.25) is 0 Å². The molecule has 0 fully saturated rings. The fourth-order valence-electron chi connectivity index (χ4n) is 1.69. The lowest BCUT2D eigenvalue weighted by Gasteiger charge is -2.08. The zero-order valence-corrected chi connectivity index (χ0v) is 9.96. The molecule has 2 rings (SSSR count). The Morgan fingerprint density at radius 2 is 2.00 bits per heavy atom. The van der Waals surface area contributed by atoms with Gasteiger partial charge in [-0.3, -0.25) is 4.79 Å². The topological polar surface area (TPSA) is 55.0 Å². The molecule has 90 valence electrons. The van der Waals surface area contributed by atoms with Crippen molar-refractivity contribution in [1.82, 2.24) is 4.57 Å². The van der Waals surface area contributed by atoms with Crippen LogP contribution in [0.15, 0.2) is 47.5 Å². The maximum Gasteiger partial charge on any atom is 0.181 e. The summed E-state index contributed by atoms with van der Waals surface area (Å²) in [5.74, 6) is 0.566. The number of methoxy groups -OCH3 is 1. The van der Waals surface area contributed by atoms with Gasteiger partial charge in [0, 0.05) is 31.1 Å². The molecule has 1 heterocycles. The zero-order chi connectivity index (χ0) is 13.0. The second-order valence-electron chi connectivity index (χ2n) is 3.85. The number of hydrogen-bond donors (Lipinski definition) is 0. The summed E-state index contributed by atoms with van der Waals surface area (Å²) in [5.41, 5.74) is 1.51. The number of benzene rings is 1. The van der Waals surface area contributed by atoms with E-state index < -0.39 is 0 Å². The molecule has 4 nitrogen and oxygen atoms in total. The molecule has 18 heavy (non-hydrogen) atoms. The van der Waals surface area contributed by atoms with E-state index in [2.05, 4.69) is 6.07 Å². The third-order valence-corrected chi connectivity index (χ3v) is 2.61. The van der Waals surface area contributed by atoms with Crippen LogP contribution in [0, 0.1) is 11.3 Å². The van der Waals surface area contributed by atoms with E-state index in [0.29, 0.717) is 17.9 Å². The first-order chi connectivity index (χ1) is 8.72. The average molecular weight is 240 g/mol. The van der Waals surface area contributed by atoms with Crippen LogP contribution < -0.4 is 10.2 Å². The van der Waals surface area contributed by atoms with Gasteiger partial charge in [-0.25, -0.2) is 0 Å². The van der Waals surface area contributed by atoms with Gasteiger partial charge in [-0.05, 0) is 17.7 Å². The van der Waals surface area contributed by atoms with Crippen LogP contribution in [0.5, 0.6) is 5.75 Å². The molecule has 0 radical (unpaired) electrons. The molecule has 0 saturated heterocycles. The SMILES string of the molecule is COc1cc(Cn2ccc(=O)cc2)ccc1C#N. The highest BCUT2D eigenvalue weighted by Gasteiger charge is 2.03. The number of ether oxygens (including phenoxy) is 1. The van der Waals surface area contributed by atoms with Crippen LogP contribution in [0.4, 0.5) is 0 Å². The molecule has 1 aromatic heterocycles. The molecule has 0 aliphatic rings. The molecule has 0 bridgehead atoms. The molecule has 0 N–H and O–H groups in total. The van der Waals surface area contributed by atoms with Crippen molar-refractivity contribution < 1.29 is 4.74 Å². The highest BCUT2D eigenvalue weighted by molar-refractivity contribution is 5.45. The van der Waals surface area contributed by atoms with Crippen LogP contribution >= 0.6 is 0 Å². The Labute approximate surface area is 105 Å². The Hall–Kier alpha value is -2.54. The number of pyridine rings is 1. The van der Waals surface area contributed by atoms with E-state index in [1.807, 2.05) is 16.7 Å². The van der Waals surface area contributed by atoms with Gasteiger partial charge in [-0.15, -0.1) is 0 Å². The normalized spacial score (nSPS) is 9.78. The molecule has 0 spiro atoms. The van der Waals surface area contributed by atoms with Crippen LogP contribution in [0.1, 0.15) is 11.1 Å². The van der Waals surface area contributed by atoms with Gasteiger partial charge in [-0.2, -0.15) is 5.26 Å². The van der Waals surface area contributed by atoms with Crippen LogP contribution in [-0.2, 0) is 6.54 Å². The smallest absolute Gasteiger partial charge is 0.181 e. The fraction of sp³-hybridized carbons (Fsp3) is 0.143. The van der Waals surface area contributed by atoms with Crippen molar-refractivity contribution in [3.05, 3.63) is 64.1 Å². The van der Waals surface area contributed by atoms with E-state index in [4.69, 9.17) is 10.00 Å². The van der Waals surface area contributed by atoms with Crippen molar-refractivity contribution in [2.24, 2.45) is 0 Å². The Kier molecular flexibility index (Phi) is 3.44. The van der Waals surface area contributed by atoms with E-state index >= 15 is 0 Å². The first kappa shape index (κ1) is 11.9. The van der Waals surface area contributed by atoms with Crippen molar-refractivity contribution in [1.29, 1.82) is 5.26 Å². The lowest BCUT2D eigenvalue weighted by atomic mass is 10.1. The summed E-state index contributed by atoms with van der Waals surface area (Å²) in [5, 5.41) is 8.89. The van der Waals surface area contributed by atoms with Crippen LogP contribution in [0.3, 0.4) is 0 Å². The van der Waals surface area contributed by atoms with Gasteiger partial charge in [0.1, 0.15) is 11.8 Å². The van der Waals surface area contributed by atoms with Gasteiger partial charge < -0.3 is 9.30 Å². The summed E-state index contributed by atoms with van der Waals surface area (Å²) in [6.07, 6.45) is 3.46. The fourth-order valence-corrected chi connectivity index (χ4v) is 1.69. The van der Waals surface area contributed by atoms with Gasteiger partial charge in [-0.1, -0.05) is 6.07 Å². The van der Waals surface area contributed by atoms with Gasteiger partial charge in [0.15, 0.2) is 5.43 Å². The van der Waals surface area contributed by atoms with Crippen molar-refractivity contribution in [2.75, 3.05) is 7.11 Å². The summed E-state index contributed by atoms with van der Waals surface area (Å²) in [6, 6.07) is 10.5. The molecule has 0 unspecified atom stereocenters. The van der Waals surface area contributed by atoms with E-state index in [1.165, 1.54) is 12.1 Å². The van der Waals surface area contributed by atoms with Crippen molar-refractivity contribution in [3.63, 3.8) is 0 Å². The van der Waals surface area contributed by atoms with Gasteiger partial charge in [0.05, 0.1) is 12.7 Å². The van der Waals surface area contributed by atoms with Gasteiger partial charge in [0.2, 0.25) is 0 Å². The zero-order valence-electron chi connectivity index (χ0n) is 9.96. The van der Waals surface area contributed by atoms with Crippen LogP contribution in [-0.4, -0.2) is 11.7 Å². The summed E-state index contributed by atoms with van der Waals surface area (Å²) in [4.78, 5) is 11.0. The summed E-state index contributed by atoms with van der Waals surface area (Å²) >= 11 is 0. The van der Waals surface area contributed by atoms with Gasteiger partial charge >= 0.3 is 0 Å². The van der Waals surface area contributed by atoms with Crippen molar-refractivity contribution in [2.45, 2.75) is 6.54 Å². The molecule has 0 atom stereocenters. The third-order valence-electron chi connectivity index (χ3n) is 2.61. The molecule has 0 saturated carbocycles. The third kappa shape index (κ3) is 2.58. The predicted octanol–water partition coefficient (Wildman–Crippen LogP) is 1.78. The first-order valence-corrected chi connectivity index (χ1v) is 5.46. The second-order valence-corrected chi connectivity index (χ2v) is 3.85. The lowest BCUT2D eigenvalue weighted by Crippen LogP contribution is -2.05. The minimum absolute atomic E-state index is 0.0105. The number of aromatic nitrogens is 1. The summed E-state index contributed by atoms with van der Waals surface area (Å²) in [7, 11) is 1.54. The lowest BCUT2D eigenvalue weighted by molar-refractivity contribution is 0.413. The highest BCUT2D eigenvalue weighted by Crippen LogP contribution is 2.19. The maximum atomic E-state index is 11.0. The number of nitriles is 1. The van der Waals surface area contributed by atoms with E-state index in [-0.39, 0.29) is 5.43 Å². The average Bonchev–Trinajstić information content (AvgIpc) is 2.41. The molecule has 1 aromatic carbocycles. The largest absolute Gasteiger partial charge is 0.495 e. The molecule has 0 aliphatic carbocycles. The molecule has 0 aliphatic heterocycles. The van der Waals surface area contributed by atoms with Gasteiger partial charge in [0.25, 0.3) is 0 Å². The maximum absolute atomic E-state index is 11.0. The Morgan fingerprint density at radius 3 is 2.61 bits per heavy atom. The van der Waals surface area contributed by atoms with E-state index in [0.717, 1.165) is 5.56 Å². The molecule has 4 heteroatoms. The number of nitrogens with zero attached hydrogens (tertiary/aromatic N) is 2. The molecule has 2 aromatic rings. The highest BCUT2D eigenvalue weighted by atomic mass is 16.5. The minimum Gasteiger partial charge on any atom is -0.495 e. The Bertz CT molecular complexity index is 633. The number of hydrogen-bond acceptors (Lipinski definition) is 3. The standard InChI is InChI=1S/C14H12N2O2/c1-18-14-8-11(2-3-12(14)9-15)10-16-6-4-13(17)5-7-16/h2-8H,10H2,1H3. The second kappa shape index (κ2) is 5.19. The van der Waals surface area contributed by atoms with E-state index in [9.17, 15) is 4.79 Å². The van der Waals surface area contributed by atoms with E-state index in [1.54, 1.807) is 25.6 Å². The molecular weight excluding hydrogens is 228 g/mol. The molecular formula is C14H12N2O2. The summed E-state index contributed by atoms with van der Waals surface area (Å²) < 4.78 is 7.04. The van der Waals surface area contributed by atoms with Crippen LogP contribution in [0.25, 0.3) is 0 Å². The van der Waals surface area contributed by atoms with Crippen molar-refractivity contribution >= 4 is 0 Å².